The summed E-state index contributed by atoms with van der Waals surface area (Å²) in [4.78, 5) is 14.8. The third kappa shape index (κ3) is 2.53. The van der Waals surface area contributed by atoms with Crippen molar-refractivity contribution < 1.29 is 9.32 Å². The highest BCUT2D eigenvalue weighted by Gasteiger charge is 2.34. The molecule has 0 bridgehead atoms. The van der Waals surface area contributed by atoms with E-state index in [0.29, 0.717) is 5.56 Å². The van der Waals surface area contributed by atoms with Gasteiger partial charge < -0.3 is 9.42 Å². The lowest BCUT2D eigenvalue weighted by molar-refractivity contribution is 0.0713. The van der Waals surface area contributed by atoms with E-state index in [0.717, 1.165) is 49.5 Å². The molecule has 1 aliphatic heterocycles. The van der Waals surface area contributed by atoms with E-state index < -0.39 is 0 Å². The van der Waals surface area contributed by atoms with Gasteiger partial charge in [-0.05, 0) is 33.1 Å². The summed E-state index contributed by atoms with van der Waals surface area (Å²) in [5, 5.41) is 8.28. The molecule has 0 aliphatic carbocycles. The number of carbonyl (C=O) groups is 1. The first-order valence-electron chi connectivity index (χ1n) is 7.88. The van der Waals surface area contributed by atoms with Crippen molar-refractivity contribution in [1.82, 2.24) is 19.8 Å². The Kier molecular flexibility index (Phi) is 4.00. The van der Waals surface area contributed by atoms with E-state index in [2.05, 4.69) is 17.2 Å². The third-order valence-corrected chi connectivity index (χ3v) is 4.26. The standard InChI is InChI=1S/C16H22N4O2/c1-4-7-20-12(3)13(10-17-20)16(21)19-8-5-6-14(19)15-9-11(2)18-22-15/h9-10,14H,4-8H2,1-3H3/t14-/m0/s1. The molecular weight excluding hydrogens is 280 g/mol. The Morgan fingerprint density at radius 1 is 1.45 bits per heavy atom. The minimum absolute atomic E-state index is 0.0115. The van der Waals surface area contributed by atoms with Crippen molar-refractivity contribution in [3.63, 3.8) is 0 Å². The Bertz CT molecular complexity index is 673. The molecule has 0 aromatic carbocycles. The van der Waals surface area contributed by atoms with E-state index in [1.807, 2.05) is 29.5 Å². The van der Waals surface area contributed by atoms with Gasteiger partial charge in [-0.3, -0.25) is 9.48 Å². The molecule has 0 spiro atoms. The minimum Gasteiger partial charge on any atom is -0.359 e. The molecular formula is C16H22N4O2. The molecule has 1 saturated heterocycles. The molecule has 2 aromatic heterocycles. The van der Waals surface area contributed by atoms with Crippen LogP contribution in [-0.2, 0) is 6.54 Å². The maximum absolute atomic E-state index is 12.9. The van der Waals surface area contributed by atoms with Crippen LogP contribution < -0.4 is 0 Å². The third-order valence-electron chi connectivity index (χ3n) is 4.26. The van der Waals surface area contributed by atoms with Crippen LogP contribution in [0.5, 0.6) is 0 Å². The molecule has 6 nitrogen and oxygen atoms in total. The number of likely N-dealkylation sites (tertiary alicyclic amines) is 1. The van der Waals surface area contributed by atoms with Gasteiger partial charge in [0.15, 0.2) is 5.76 Å². The molecule has 0 N–H and O–H groups in total. The lowest BCUT2D eigenvalue weighted by Gasteiger charge is -2.22. The number of carbonyl (C=O) groups excluding carboxylic acids is 1. The highest BCUT2D eigenvalue weighted by atomic mass is 16.5. The number of rotatable bonds is 4. The molecule has 3 heterocycles. The molecule has 1 fully saturated rings. The van der Waals surface area contributed by atoms with Crippen LogP contribution in [0.2, 0.25) is 0 Å². The van der Waals surface area contributed by atoms with Crippen molar-refractivity contribution in [1.29, 1.82) is 0 Å². The van der Waals surface area contributed by atoms with Crippen molar-refractivity contribution in [2.75, 3.05) is 6.54 Å². The fourth-order valence-corrected chi connectivity index (χ4v) is 3.09. The number of aromatic nitrogens is 3. The largest absolute Gasteiger partial charge is 0.359 e. The van der Waals surface area contributed by atoms with Crippen LogP contribution in [-0.4, -0.2) is 32.3 Å². The molecule has 22 heavy (non-hydrogen) atoms. The van der Waals surface area contributed by atoms with Gasteiger partial charge in [-0.1, -0.05) is 12.1 Å². The second-order valence-corrected chi connectivity index (χ2v) is 5.89. The van der Waals surface area contributed by atoms with Crippen molar-refractivity contribution in [3.05, 3.63) is 35.0 Å². The summed E-state index contributed by atoms with van der Waals surface area (Å²) >= 11 is 0. The molecule has 118 valence electrons. The first-order valence-corrected chi connectivity index (χ1v) is 7.88. The highest BCUT2D eigenvalue weighted by Crippen LogP contribution is 2.33. The maximum atomic E-state index is 12.9. The molecule has 2 aromatic rings. The first-order chi connectivity index (χ1) is 10.6. The van der Waals surface area contributed by atoms with Gasteiger partial charge in [-0.25, -0.2) is 0 Å². The van der Waals surface area contributed by atoms with E-state index in [1.54, 1.807) is 6.20 Å². The average molecular weight is 302 g/mol. The van der Waals surface area contributed by atoms with E-state index in [4.69, 9.17) is 4.52 Å². The summed E-state index contributed by atoms with van der Waals surface area (Å²) < 4.78 is 7.27. The lowest BCUT2D eigenvalue weighted by atomic mass is 10.1. The smallest absolute Gasteiger partial charge is 0.257 e. The summed E-state index contributed by atoms with van der Waals surface area (Å²) in [6.07, 6.45) is 4.59. The Morgan fingerprint density at radius 3 is 2.95 bits per heavy atom. The lowest BCUT2D eigenvalue weighted by Crippen LogP contribution is -2.30. The quantitative estimate of drug-likeness (QED) is 0.871. The number of aryl methyl sites for hydroxylation is 2. The number of hydrogen-bond acceptors (Lipinski definition) is 4. The molecule has 0 saturated carbocycles. The number of nitrogens with zero attached hydrogens (tertiary/aromatic N) is 4. The van der Waals surface area contributed by atoms with Crippen LogP contribution >= 0.6 is 0 Å². The van der Waals surface area contributed by atoms with E-state index >= 15 is 0 Å². The summed E-state index contributed by atoms with van der Waals surface area (Å²) in [7, 11) is 0. The zero-order chi connectivity index (χ0) is 15.7. The fraction of sp³-hybridized carbons (Fsp3) is 0.562. The maximum Gasteiger partial charge on any atom is 0.257 e. The molecule has 0 radical (unpaired) electrons. The Hall–Kier alpha value is -2.11. The SMILES string of the molecule is CCCn1ncc(C(=O)N2CCC[C@H]2c2cc(C)no2)c1C. The summed E-state index contributed by atoms with van der Waals surface area (Å²) in [6.45, 7) is 7.55. The minimum atomic E-state index is -0.0115. The summed E-state index contributed by atoms with van der Waals surface area (Å²) in [5.41, 5.74) is 2.48. The fourth-order valence-electron chi connectivity index (χ4n) is 3.09. The molecule has 1 aliphatic rings. The monoisotopic (exact) mass is 302 g/mol. The highest BCUT2D eigenvalue weighted by molar-refractivity contribution is 5.95. The van der Waals surface area contributed by atoms with Crippen LogP contribution in [0.4, 0.5) is 0 Å². The predicted octanol–water partition coefficient (Wildman–Crippen LogP) is 2.88. The normalized spacial score (nSPS) is 18.1. The molecule has 3 rings (SSSR count). The van der Waals surface area contributed by atoms with Crippen LogP contribution in [0.3, 0.4) is 0 Å². The van der Waals surface area contributed by atoms with Crippen LogP contribution in [0.15, 0.2) is 16.8 Å². The second kappa shape index (κ2) is 5.94. The second-order valence-electron chi connectivity index (χ2n) is 5.89. The summed E-state index contributed by atoms with van der Waals surface area (Å²) in [6, 6.07) is 1.91. The van der Waals surface area contributed by atoms with Crippen molar-refractivity contribution >= 4 is 5.91 Å². The van der Waals surface area contributed by atoms with Crippen molar-refractivity contribution in [2.24, 2.45) is 0 Å². The Balaban J connectivity index is 1.84. The molecule has 0 unspecified atom stereocenters. The number of amides is 1. The molecule has 1 atom stereocenters. The topological polar surface area (TPSA) is 64.2 Å². The van der Waals surface area contributed by atoms with E-state index in [1.165, 1.54) is 0 Å². The van der Waals surface area contributed by atoms with Gasteiger partial charge in [-0.2, -0.15) is 5.10 Å². The summed E-state index contributed by atoms with van der Waals surface area (Å²) in [5.74, 6) is 0.818. The van der Waals surface area contributed by atoms with Gasteiger partial charge in [0.05, 0.1) is 23.5 Å². The van der Waals surface area contributed by atoms with Crippen LogP contribution in [0.25, 0.3) is 0 Å². The number of hydrogen-bond donors (Lipinski definition) is 0. The van der Waals surface area contributed by atoms with Crippen LogP contribution in [0.1, 0.15) is 59.7 Å². The van der Waals surface area contributed by atoms with Gasteiger partial charge in [-0.15, -0.1) is 0 Å². The van der Waals surface area contributed by atoms with Gasteiger partial charge in [0.1, 0.15) is 0 Å². The molecule has 6 heteroatoms. The van der Waals surface area contributed by atoms with E-state index in [9.17, 15) is 4.79 Å². The zero-order valence-electron chi connectivity index (χ0n) is 13.4. The van der Waals surface area contributed by atoms with Gasteiger partial charge >= 0.3 is 0 Å². The zero-order valence-corrected chi connectivity index (χ0v) is 13.4. The van der Waals surface area contributed by atoms with Gasteiger partial charge in [0, 0.05) is 24.8 Å². The average Bonchev–Trinajstić information content (AvgIpc) is 3.20. The van der Waals surface area contributed by atoms with E-state index in [-0.39, 0.29) is 11.9 Å². The van der Waals surface area contributed by atoms with Crippen molar-refractivity contribution in [3.8, 4) is 0 Å². The predicted molar refractivity (Wildman–Crippen MR) is 81.5 cm³/mol. The Morgan fingerprint density at radius 2 is 2.27 bits per heavy atom. The first kappa shape index (κ1) is 14.8. The Labute approximate surface area is 130 Å². The molecule has 1 amide bonds. The van der Waals surface area contributed by atoms with Gasteiger partial charge in [0.2, 0.25) is 0 Å². The van der Waals surface area contributed by atoms with Crippen molar-refractivity contribution in [2.45, 2.75) is 52.6 Å². The van der Waals surface area contributed by atoms with Gasteiger partial charge in [0.25, 0.3) is 5.91 Å². The van der Waals surface area contributed by atoms with Crippen LogP contribution in [0, 0.1) is 13.8 Å².